The first kappa shape index (κ1) is 14.2. The van der Waals surface area contributed by atoms with E-state index in [-0.39, 0.29) is 0 Å². The second-order valence-corrected chi connectivity index (χ2v) is 5.62. The normalized spacial score (nSPS) is 17.2. The van der Waals surface area contributed by atoms with Crippen molar-refractivity contribution in [2.24, 2.45) is 0 Å². The van der Waals surface area contributed by atoms with Gasteiger partial charge < -0.3 is 15.5 Å². The average Bonchev–Trinajstić information content (AvgIpc) is 2.40. The summed E-state index contributed by atoms with van der Waals surface area (Å²) in [4.78, 5) is 7.24. The molecule has 0 aliphatic carbocycles. The van der Waals surface area contributed by atoms with Crippen LogP contribution in [-0.2, 0) is 0 Å². The fourth-order valence-corrected chi connectivity index (χ4v) is 2.54. The summed E-state index contributed by atoms with van der Waals surface area (Å²) < 4.78 is 0. The van der Waals surface area contributed by atoms with Crippen LogP contribution in [0.3, 0.4) is 0 Å². The molecule has 0 aromatic heterocycles. The van der Waals surface area contributed by atoms with Gasteiger partial charge in [0.15, 0.2) is 0 Å². The number of likely N-dealkylation sites (N-methyl/N-ethyl adjacent to an activating group) is 1. The van der Waals surface area contributed by atoms with E-state index in [2.05, 4.69) is 47.9 Å². The van der Waals surface area contributed by atoms with Gasteiger partial charge in [-0.3, -0.25) is 4.90 Å². The Balaban J connectivity index is 1.91. The van der Waals surface area contributed by atoms with Crippen molar-refractivity contribution >= 4 is 11.4 Å². The van der Waals surface area contributed by atoms with Gasteiger partial charge in [0, 0.05) is 50.6 Å². The molecule has 4 heteroatoms. The SMILES string of the molecule is Cc1c(N)cccc1N1CCN(CCN(C)C)CC1. The van der Waals surface area contributed by atoms with Crippen LogP contribution in [0.5, 0.6) is 0 Å². The van der Waals surface area contributed by atoms with Crippen molar-refractivity contribution in [2.45, 2.75) is 6.92 Å². The molecular formula is C15H26N4. The van der Waals surface area contributed by atoms with Crippen molar-refractivity contribution in [3.63, 3.8) is 0 Å². The lowest BCUT2D eigenvalue weighted by atomic mass is 10.1. The van der Waals surface area contributed by atoms with E-state index in [1.54, 1.807) is 0 Å². The zero-order valence-electron chi connectivity index (χ0n) is 12.4. The quantitative estimate of drug-likeness (QED) is 0.829. The van der Waals surface area contributed by atoms with Crippen molar-refractivity contribution in [3.8, 4) is 0 Å². The molecule has 1 aromatic carbocycles. The van der Waals surface area contributed by atoms with Crippen LogP contribution in [0.4, 0.5) is 11.4 Å². The van der Waals surface area contributed by atoms with Gasteiger partial charge in [0.2, 0.25) is 0 Å². The summed E-state index contributed by atoms with van der Waals surface area (Å²) in [5, 5.41) is 0. The highest BCUT2D eigenvalue weighted by Gasteiger charge is 2.18. The van der Waals surface area contributed by atoms with E-state index >= 15 is 0 Å². The lowest BCUT2D eigenvalue weighted by Gasteiger charge is -2.37. The molecule has 2 rings (SSSR count). The monoisotopic (exact) mass is 262 g/mol. The van der Waals surface area contributed by atoms with Gasteiger partial charge in [0.25, 0.3) is 0 Å². The Kier molecular flexibility index (Phi) is 4.66. The molecular weight excluding hydrogens is 236 g/mol. The van der Waals surface area contributed by atoms with E-state index < -0.39 is 0 Å². The number of hydrogen-bond donors (Lipinski definition) is 1. The lowest BCUT2D eigenvalue weighted by molar-refractivity contribution is 0.229. The molecule has 1 fully saturated rings. The minimum Gasteiger partial charge on any atom is -0.398 e. The van der Waals surface area contributed by atoms with Crippen LogP contribution in [0.15, 0.2) is 18.2 Å². The maximum absolute atomic E-state index is 5.99. The number of anilines is 2. The molecule has 1 aliphatic heterocycles. The number of piperazine rings is 1. The summed E-state index contributed by atoms with van der Waals surface area (Å²) in [5.74, 6) is 0. The highest BCUT2D eigenvalue weighted by atomic mass is 15.3. The van der Waals surface area contributed by atoms with Crippen molar-refractivity contribution in [1.29, 1.82) is 0 Å². The summed E-state index contributed by atoms with van der Waals surface area (Å²) >= 11 is 0. The minimum atomic E-state index is 0.896. The third kappa shape index (κ3) is 3.61. The molecule has 4 nitrogen and oxygen atoms in total. The number of hydrogen-bond acceptors (Lipinski definition) is 4. The third-order valence-corrected chi connectivity index (χ3v) is 3.92. The fraction of sp³-hybridized carbons (Fsp3) is 0.600. The maximum atomic E-state index is 5.99. The predicted molar refractivity (Wildman–Crippen MR) is 82.8 cm³/mol. The van der Waals surface area contributed by atoms with Gasteiger partial charge in [0.1, 0.15) is 0 Å². The Bertz CT molecular complexity index is 409. The molecule has 1 aliphatic rings. The topological polar surface area (TPSA) is 35.7 Å². The minimum absolute atomic E-state index is 0.896. The molecule has 19 heavy (non-hydrogen) atoms. The number of benzene rings is 1. The largest absolute Gasteiger partial charge is 0.398 e. The summed E-state index contributed by atoms with van der Waals surface area (Å²) in [5.41, 5.74) is 9.40. The highest BCUT2D eigenvalue weighted by Crippen LogP contribution is 2.25. The standard InChI is InChI=1S/C15H26N4/c1-13-14(16)5-4-6-15(13)19-11-9-18(10-12-19)8-7-17(2)3/h4-6H,7-12,16H2,1-3H3. The zero-order valence-corrected chi connectivity index (χ0v) is 12.4. The fourth-order valence-electron chi connectivity index (χ4n) is 2.54. The van der Waals surface area contributed by atoms with Crippen molar-refractivity contribution in [2.75, 3.05) is 64.0 Å². The Hall–Kier alpha value is -1.26. The molecule has 0 amide bonds. The molecule has 0 radical (unpaired) electrons. The van der Waals surface area contributed by atoms with E-state index in [1.165, 1.54) is 11.3 Å². The van der Waals surface area contributed by atoms with Gasteiger partial charge in [-0.25, -0.2) is 0 Å². The summed E-state index contributed by atoms with van der Waals surface area (Å²) in [6.07, 6.45) is 0. The first-order chi connectivity index (χ1) is 9.08. The van der Waals surface area contributed by atoms with Gasteiger partial charge in [0.05, 0.1) is 0 Å². The summed E-state index contributed by atoms with van der Waals surface area (Å²) in [6.45, 7) is 8.89. The molecule has 1 aromatic rings. The second kappa shape index (κ2) is 6.26. The maximum Gasteiger partial charge on any atom is 0.0417 e. The Morgan fingerprint density at radius 2 is 1.84 bits per heavy atom. The third-order valence-electron chi connectivity index (χ3n) is 3.92. The van der Waals surface area contributed by atoms with E-state index in [0.29, 0.717) is 0 Å². The Labute approximate surface area is 116 Å². The first-order valence-corrected chi connectivity index (χ1v) is 7.05. The van der Waals surface area contributed by atoms with E-state index in [9.17, 15) is 0 Å². The Morgan fingerprint density at radius 1 is 1.16 bits per heavy atom. The number of nitrogens with two attached hydrogens (primary N) is 1. The van der Waals surface area contributed by atoms with E-state index in [1.807, 2.05) is 6.07 Å². The van der Waals surface area contributed by atoms with Crippen LogP contribution >= 0.6 is 0 Å². The zero-order chi connectivity index (χ0) is 13.8. The van der Waals surface area contributed by atoms with E-state index in [4.69, 9.17) is 5.73 Å². The average molecular weight is 262 g/mol. The lowest BCUT2D eigenvalue weighted by Crippen LogP contribution is -2.48. The molecule has 2 N–H and O–H groups in total. The molecule has 106 valence electrons. The van der Waals surface area contributed by atoms with Crippen molar-refractivity contribution in [1.82, 2.24) is 9.80 Å². The summed E-state index contributed by atoms with van der Waals surface area (Å²) in [6, 6.07) is 6.21. The van der Waals surface area contributed by atoms with Crippen LogP contribution in [0.2, 0.25) is 0 Å². The number of nitrogen functional groups attached to an aromatic ring is 1. The number of nitrogens with zero attached hydrogens (tertiary/aromatic N) is 3. The van der Waals surface area contributed by atoms with Gasteiger partial charge >= 0.3 is 0 Å². The van der Waals surface area contributed by atoms with Crippen molar-refractivity contribution in [3.05, 3.63) is 23.8 Å². The molecule has 0 saturated carbocycles. The second-order valence-electron chi connectivity index (χ2n) is 5.62. The van der Waals surface area contributed by atoms with E-state index in [0.717, 1.165) is 45.0 Å². The van der Waals surface area contributed by atoms with Crippen LogP contribution in [0, 0.1) is 6.92 Å². The molecule has 0 unspecified atom stereocenters. The van der Waals surface area contributed by atoms with Crippen LogP contribution in [0.25, 0.3) is 0 Å². The molecule has 0 bridgehead atoms. The Morgan fingerprint density at radius 3 is 2.47 bits per heavy atom. The molecule has 1 saturated heterocycles. The smallest absolute Gasteiger partial charge is 0.0417 e. The van der Waals surface area contributed by atoms with Crippen molar-refractivity contribution < 1.29 is 0 Å². The summed E-state index contributed by atoms with van der Waals surface area (Å²) in [7, 11) is 4.26. The van der Waals surface area contributed by atoms with Crippen LogP contribution in [-0.4, -0.2) is 63.2 Å². The molecule has 0 atom stereocenters. The van der Waals surface area contributed by atoms with Gasteiger partial charge in [-0.1, -0.05) is 6.07 Å². The predicted octanol–water partition coefficient (Wildman–Crippen LogP) is 1.26. The van der Waals surface area contributed by atoms with Gasteiger partial charge in [-0.05, 0) is 38.7 Å². The highest BCUT2D eigenvalue weighted by molar-refractivity contribution is 5.64. The van der Waals surface area contributed by atoms with Crippen LogP contribution in [0.1, 0.15) is 5.56 Å². The van der Waals surface area contributed by atoms with Gasteiger partial charge in [-0.2, -0.15) is 0 Å². The van der Waals surface area contributed by atoms with Gasteiger partial charge in [-0.15, -0.1) is 0 Å². The molecule has 1 heterocycles. The number of rotatable bonds is 4. The van der Waals surface area contributed by atoms with Crippen LogP contribution < -0.4 is 10.6 Å². The molecule has 0 spiro atoms. The first-order valence-electron chi connectivity index (χ1n) is 7.05.